The van der Waals surface area contributed by atoms with Crippen molar-refractivity contribution in [2.24, 2.45) is 0 Å². The highest BCUT2D eigenvalue weighted by Gasteiger charge is 2.12. The molecule has 0 bridgehead atoms. The highest BCUT2D eigenvalue weighted by Crippen LogP contribution is 2.22. The highest BCUT2D eigenvalue weighted by molar-refractivity contribution is 5.59. The second-order valence-electron chi connectivity index (χ2n) is 13.2. The van der Waals surface area contributed by atoms with Gasteiger partial charge in [0.25, 0.3) is 0 Å². The number of para-hydroxylation sites is 2. The van der Waals surface area contributed by atoms with Gasteiger partial charge in [-0.3, -0.25) is 0 Å². The minimum Gasteiger partial charge on any atom is -0.388 e. The van der Waals surface area contributed by atoms with Crippen LogP contribution in [0, 0.1) is 20.8 Å². The van der Waals surface area contributed by atoms with E-state index in [1.54, 1.807) is 0 Å². The summed E-state index contributed by atoms with van der Waals surface area (Å²) in [7, 11) is 1.91. The molecule has 0 fully saturated rings. The molecular formula is C46H66N2. The Morgan fingerprint density at radius 2 is 0.625 bits per heavy atom. The molecule has 2 N–H and O–H groups in total. The first-order valence-corrected chi connectivity index (χ1v) is 17.5. The molecule has 0 saturated heterocycles. The van der Waals surface area contributed by atoms with Crippen molar-refractivity contribution in [3.8, 4) is 0 Å². The van der Waals surface area contributed by atoms with Crippen LogP contribution in [0.1, 0.15) is 97.1 Å². The van der Waals surface area contributed by atoms with Gasteiger partial charge in [0, 0.05) is 24.1 Å². The summed E-state index contributed by atoms with van der Waals surface area (Å²) in [4.78, 5) is 0. The van der Waals surface area contributed by atoms with Crippen LogP contribution in [0.4, 0.5) is 17.1 Å². The first-order chi connectivity index (χ1) is 22.8. The van der Waals surface area contributed by atoms with Crippen LogP contribution >= 0.6 is 0 Å². The van der Waals surface area contributed by atoms with Crippen molar-refractivity contribution in [1.29, 1.82) is 0 Å². The molecule has 2 nitrogen and oxygen atoms in total. The third-order valence-electron chi connectivity index (χ3n) is 7.01. The van der Waals surface area contributed by atoms with E-state index in [1.807, 2.05) is 83.3 Å². The Labute approximate surface area is 296 Å². The molecule has 0 spiro atoms. The molecule has 2 heteroatoms. The SMILES string of the molecule is CC.CC.CNc1ccccc1.Cc1ccc(C(C)(C)C)cc1.Cc1ccc(C(C)(C)C)cc1.Cc1ccc(Nc2ccccc2)cc1. The lowest BCUT2D eigenvalue weighted by molar-refractivity contribution is 0.590. The van der Waals surface area contributed by atoms with E-state index in [4.69, 9.17) is 0 Å². The first-order valence-electron chi connectivity index (χ1n) is 17.5. The van der Waals surface area contributed by atoms with E-state index in [0.29, 0.717) is 0 Å². The fraction of sp³-hybridized carbons (Fsp3) is 0.348. The van der Waals surface area contributed by atoms with Crippen molar-refractivity contribution in [1.82, 2.24) is 0 Å². The number of anilines is 3. The van der Waals surface area contributed by atoms with Crippen LogP contribution in [0.5, 0.6) is 0 Å². The van der Waals surface area contributed by atoms with Crippen LogP contribution in [0.15, 0.2) is 133 Å². The quantitative estimate of drug-likeness (QED) is 0.204. The molecule has 0 amide bonds. The lowest BCUT2D eigenvalue weighted by Crippen LogP contribution is -2.10. The number of hydrogen-bond acceptors (Lipinski definition) is 2. The fourth-order valence-corrected chi connectivity index (χ4v) is 4.04. The van der Waals surface area contributed by atoms with E-state index in [1.165, 1.54) is 27.8 Å². The molecule has 0 heterocycles. The lowest BCUT2D eigenvalue weighted by Gasteiger charge is -2.18. The maximum absolute atomic E-state index is 3.33. The predicted octanol–water partition coefficient (Wildman–Crippen LogP) is 14.1. The number of aryl methyl sites for hydroxylation is 3. The lowest BCUT2D eigenvalue weighted by atomic mass is 9.87. The summed E-state index contributed by atoms with van der Waals surface area (Å²) in [5, 5.41) is 6.36. The summed E-state index contributed by atoms with van der Waals surface area (Å²) >= 11 is 0. The van der Waals surface area contributed by atoms with Gasteiger partial charge in [-0.05, 0) is 79.1 Å². The predicted molar refractivity (Wildman–Crippen MR) is 219 cm³/mol. The van der Waals surface area contributed by atoms with Crippen molar-refractivity contribution >= 4 is 17.1 Å². The second-order valence-corrected chi connectivity index (χ2v) is 13.2. The van der Waals surface area contributed by atoms with Crippen LogP contribution in [-0.2, 0) is 10.8 Å². The van der Waals surface area contributed by atoms with Crippen molar-refractivity contribution in [2.75, 3.05) is 17.7 Å². The van der Waals surface area contributed by atoms with Crippen molar-refractivity contribution in [2.45, 2.75) is 101 Å². The monoisotopic (exact) mass is 647 g/mol. The van der Waals surface area contributed by atoms with E-state index >= 15 is 0 Å². The van der Waals surface area contributed by atoms with Crippen LogP contribution in [-0.4, -0.2) is 7.05 Å². The first kappa shape index (κ1) is 43.7. The molecule has 0 radical (unpaired) electrons. The maximum atomic E-state index is 3.33. The molecule has 0 saturated carbocycles. The van der Waals surface area contributed by atoms with Gasteiger partial charge in [-0.25, -0.2) is 0 Å². The summed E-state index contributed by atoms with van der Waals surface area (Å²) in [5.74, 6) is 0. The molecule has 0 aliphatic rings. The van der Waals surface area contributed by atoms with Crippen LogP contribution in [0.2, 0.25) is 0 Å². The van der Waals surface area contributed by atoms with Gasteiger partial charge in [0.05, 0.1) is 0 Å². The van der Waals surface area contributed by atoms with Gasteiger partial charge >= 0.3 is 0 Å². The van der Waals surface area contributed by atoms with E-state index < -0.39 is 0 Å². The second kappa shape index (κ2) is 23.9. The van der Waals surface area contributed by atoms with E-state index in [2.05, 4.69) is 158 Å². The molecule has 0 aliphatic heterocycles. The average Bonchev–Trinajstić information content (AvgIpc) is 3.09. The Balaban J connectivity index is 0.000000601. The summed E-state index contributed by atoms with van der Waals surface area (Å²) in [6.45, 7) is 27.7. The maximum Gasteiger partial charge on any atom is 0.0384 e. The molecular weight excluding hydrogens is 581 g/mol. The molecule has 0 aliphatic carbocycles. The molecule has 48 heavy (non-hydrogen) atoms. The highest BCUT2D eigenvalue weighted by atomic mass is 14.9. The van der Waals surface area contributed by atoms with E-state index in [9.17, 15) is 0 Å². The summed E-state index contributed by atoms with van der Waals surface area (Å²) in [6, 6.07) is 46.1. The smallest absolute Gasteiger partial charge is 0.0384 e. The van der Waals surface area contributed by atoms with Gasteiger partial charge in [0.2, 0.25) is 0 Å². The Hall–Kier alpha value is -4.30. The third kappa shape index (κ3) is 19.4. The number of nitrogens with one attached hydrogen (secondary N) is 2. The zero-order valence-corrected chi connectivity index (χ0v) is 32.7. The van der Waals surface area contributed by atoms with Gasteiger partial charge in [-0.15, -0.1) is 0 Å². The van der Waals surface area contributed by atoms with Crippen molar-refractivity contribution in [3.63, 3.8) is 0 Å². The Morgan fingerprint density at radius 3 is 0.896 bits per heavy atom. The number of benzene rings is 5. The van der Waals surface area contributed by atoms with Gasteiger partial charge in [0.1, 0.15) is 0 Å². The number of hydrogen-bond donors (Lipinski definition) is 2. The normalized spacial score (nSPS) is 9.88. The fourth-order valence-electron chi connectivity index (χ4n) is 4.04. The van der Waals surface area contributed by atoms with Crippen molar-refractivity contribution in [3.05, 3.63) is 161 Å². The third-order valence-corrected chi connectivity index (χ3v) is 7.01. The van der Waals surface area contributed by atoms with Gasteiger partial charge in [0.15, 0.2) is 0 Å². The van der Waals surface area contributed by atoms with Gasteiger partial charge in [-0.1, -0.05) is 183 Å². The van der Waals surface area contributed by atoms with Crippen LogP contribution < -0.4 is 10.6 Å². The molecule has 0 atom stereocenters. The van der Waals surface area contributed by atoms with E-state index in [-0.39, 0.29) is 10.8 Å². The Morgan fingerprint density at radius 1 is 0.354 bits per heavy atom. The minimum atomic E-state index is 0.285. The standard InChI is InChI=1S/C13H13N.2C11H16.C7H9N.2C2H6/c1-11-7-9-13(10-8-11)14-12-5-3-2-4-6-12;2*1-9-5-7-10(8-6-9)11(2,3)4;1-8-7-5-3-2-4-6-7;2*1-2/h2-10,14H,1H3;2*5-8H,1-4H3;2-6,8H,1H3;2*1-2H3. The van der Waals surface area contributed by atoms with Gasteiger partial charge in [-0.2, -0.15) is 0 Å². The van der Waals surface area contributed by atoms with Gasteiger partial charge < -0.3 is 10.6 Å². The minimum absolute atomic E-state index is 0.285. The summed E-state index contributed by atoms with van der Waals surface area (Å²) in [5.41, 5.74) is 10.7. The topological polar surface area (TPSA) is 24.1 Å². The molecule has 0 unspecified atom stereocenters. The molecule has 0 aromatic heterocycles. The molecule has 5 aromatic rings. The zero-order valence-electron chi connectivity index (χ0n) is 32.7. The Kier molecular flexibility index (Phi) is 21.8. The average molecular weight is 647 g/mol. The zero-order chi connectivity index (χ0) is 36.6. The number of rotatable bonds is 3. The summed E-state index contributed by atoms with van der Waals surface area (Å²) < 4.78 is 0. The van der Waals surface area contributed by atoms with E-state index in [0.717, 1.165) is 17.1 Å². The van der Waals surface area contributed by atoms with Crippen molar-refractivity contribution < 1.29 is 0 Å². The molecule has 5 aromatic carbocycles. The molecule has 260 valence electrons. The molecule has 5 rings (SSSR count). The largest absolute Gasteiger partial charge is 0.388 e. The van der Waals surface area contributed by atoms with Crippen LogP contribution in [0.25, 0.3) is 0 Å². The summed E-state index contributed by atoms with van der Waals surface area (Å²) in [6.07, 6.45) is 0. The Bertz CT molecular complexity index is 1380. The van der Waals surface area contributed by atoms with Crippen LogP contribution in [0.3, 0.4) is 0 Å².